The Kier molecular flexibility index (Phi) is 5.94. The number of hydrogen-bond donors (Lipinski definition) is 1. The third kappa shape index (κ3) is 4.37. The molecule has 1 aromatic carbocycles. The SMILES string of the molecule is CNC(=O)N1CCn2c(C3CCC(F)(F)CC3)nc(-c3cccc4cc(-c5cnc(C)s5)ncc34)c2C1. The summed E-state index contributed by atoms with van der Waals surface area (Å²) >= 11 is 1.61. The molecule has 1 saturated carbocycles. The van der Waals surface area contributed by atoms with Crippen molar-refractivity contribution in [3.05, 3.63) is 53.2 Å². The van der Waals surface area contributed by atoms with Crippen LogP contribution in [0.2, 0.25) is 0 Å². The highest BCUT2D eigenvalue weighted by atomic mass is 32.1. The number of carbonyl (C=O) groups is 1. The molecule has 4 heterocycles. The number of urea groups is 1. The third-order valence-electron chi connectivity index (χ3n) is 7.51. The summed E-state index contributed by atoms with van der Waals surface area (Å²) in [4.78, 5) is 29.5. The maximum Gasteiger partial charge on any atom is 0.317 e. The Morgan fingerprint density at radius 3 is 2.70 bits per heavy atom. The van der Waals surface area contributed by atoms with Crippen molar-refractivity contribution in [2.75, 3.05) is 13.6 Å². The van der Waals surface area contributed by atoms with Crippen LogP contribution >= 0.6 is 11.3 Å². The lowest BCUT2D eigenvalue weighted by Crippen LogP contribution is -2.43. The summed E-state index contributed by atoms with van der Waals surface area (Å²) in [6.45, 7) is 3.53. The van der Waals surface area contributed by atoms with Gasteiger partial charge in [0.2, 0.25) is 5.92 Å². The van der Waals surface area contributed by atoms with Gasteiger partial charge in [-0.15, -0.1) is 11.3 Å². The minimum absolute atomic E-state index is 0.0204. The molecule has 0 radical (unpaired) electrons. The van der Waals surface area contributed by atoms with Gasteiger partial charge in [0.15, 0.2) is 0 Å². The summed E-state index contributed by atoms with van der Waals surface area (Å²) in [5.41, 5.74) is 3.55. The van der Waals surface area contributed by atoms with Crippen LogP contribution < -0.4 is 5.32 Å². The number of aromatic nitrogens is 4. The smallest absolute Gasteiger partial charge is 0.317 e. The monoisotopic (exact) mass is 522 g/mol. The molecule has 0 unspecified atom stereocenters. The van der Waals surface area contributed by atoms with Crippen LogP contribution in [0.4, 0.5) is 13.6 Å². The van der Waals surface area contributed by atoms with E-state index >= 15 is 0 Å². The second-order valence-electron chi connectivity index (χ2n) is 9.86. The second-order valence-corrected chi connectivity index (χ2v) is 11.1. The highest BCUT2D eigenvalue weighted by Gasteiger charge is 2.38. The summed E-state index contributed by atoms with van der Waals surface area (Å²) in [6, 6.07) is 8.02. The molecule has 10 heteroatoms. The Morgan fingerprint density at radius 2 is 1.97 bits per heavy atom. The number of nitrogens with zero attached hydrogens (tertiary/aromatic N) is 5. The second kappa shape index (κ2) is 9.16. The molecule has 3 aromatic heterocycles. The van der Waals surface area contributed by atoms with Gasteiger partial charge < -0.3 is 14.8 Å². The zero-order chi connectivity index (χ0) is 25.7. The average Bonchev–Trinajstić information content (AvgIpc) is 3.51. The van der Waals surface area contributed by atoms with Crippen LogP contribution in [0.1, 0.15) is 48.1 Å². The lowest BCUT2D eigenvalue weighted by atomic mass is 9.86. The molecule has 1 aliphatic heterocycles. The maximum atomic E-state index is 13.9. The summed E-state index contributed by atoms with van der Waals surface area (Å²) in [5, 5.41) is 5.71. The van der Waals surface area contributed by atoms with E-state index in [2.05, 4.69) is 27.0 Å². The van der Waals surface area contributed by atoms with E-state index < -0.39 is 5.92 Å². The van der Waals surface area contributed by atoms with E-state index in [0.29, 0.717) is 32.5 Å². The first-order valence-corrected chi connectivity index (χ1v) is 13.4. The van der Waals surface area contributed by atoms with Gasteiger partial charge in [0.1, 0.15) is 5.82 Å². The number of imidazole rings is 1. The molecule has 0 saturated heterocycles. The number of aryl methyl sites for hydroxylation is 1. The predicted molar refractivity (Wildman–Crippen MR) is 140 cm³/mol. The van der Waals surface area contributed by atoms with E-state index in [1.54, 1.807) is 23.3 Å². The maximum absolute atomic E-state index is 13.9. The molecular formula is C27H28F2N6OS. The highest BCUT2D eigenvalue weighted by molar-refractivity contribution is 7.15. The average molecular weight is 523 g/mol. The summed E-state index contributed by atoms with van der Waals surface area (Å²) in [6.07, 6.45) is 4.32. The van der Waals surface area contributed by atoms with Crippen molar-refractivity contribution in [2.24, 2.45) is 0 Å². The Balaban J connectivity index is 1.45. The minimum atomic E-state index is -2.59. The van der Waals surface area contributed by atoms with E-state index in [9.17, 15) is 13.6 Å². The van der Waals surface area contributed by atoms with E-state index in [0.717, 1.165) is 49.1 Å². The van der Waals surface area contributed by atoms with Crippen LogP contribution in [0.3, 0.4) is 0 Å². The normalized spacial score (nSPS) is 17.7. The first-order valence-electron chi connectivity index (χ1n) is 12.6. The number of fused-ring (bicyclic) bond motifs is 2. The first-order chi connectivity index (χ1) is 17.8. The van der Waals surface area contributed by atoms with E-state index in [-0.39, 0.29) is 24.8 Å². The summed E-state index contributed by atoms with van der Waals surface area (Å²) in [5.74, 6) is -1.76. The molecule has 1 aliphatic carbocycles. The van der Waals surface area contributed by atoms with Gasteiger partial charge in [-0.1, -0.05) is 18.2 Å². The van der Waals surface area contributed by atoms with E-state index in [1.807, 2.05) is 31.5 Å². The van der Waals surface area contributed by atoms with Gasteiger partial charge in [-0.05, 0) is 31.2 Å². The largest absolute Gasteiger partial charge is 0.341 e. The molecule has 1 fully saturated rings. The highest BCUT2D eigenvalue weighted by Crippen LogP contribution is 2.43. The zero-order valence-electron chi connectivity index (χ0n) is 20.8. The van der Waals surface area contributed by atoms with Crippen molar-refractivity contribution >= 4 is 28.1 Å². The lowest BCUT2D eigenvalue weighted by molar-refractivity contribution is -0.0390. The standard InChI is InChI=1S/C27H28F2N6OS/c1-16-31-14-23(37-16)21-12-18-4-3-5-19(20(18)13-32-21)24-22-15-34(26(36)30-2)10-11-35(22)25(33-24)17-6-8-27(28,29)9-7-17/h3-5,12-14,17H,6-11,15H2,1-2H3,(H,30,36). The summed E-state index contributed by atoms with van der Waals surface area (Å²) in [7, 11) is 1.63. The first kappa shape index (κ1) is 24.0. The molecule has 6 rings (SSSR count). The Morgan fingerprint density at radius 1 is 1.16 bits per heavy atom. The number of thiazole rings is 1. The fourth-order valence-electron chi connectivity index (χ4n) is 5.55. The zero-order valence-corrected chi connectivity index (χ0v) is 21.6. The van der Waals surface area contributed by atoms with Gasteiger partial charge in [-0.25, -0.2) is 23.5 Å². The molecule has 2 amide bonds. The fraction of sp³-hybridized carbons (Fsp3) is 0.407. The molecular weight excluding hydrogens is 494 g/mol. The van der Waals surface area contributed by atoms with Gasteiger partial charge >= 0.3 is 6.03 Å². The molecule has 2 aliphatic rings. The number of benzene rings is 1. The lowest BCUT2D eigenvalue weighted by Gasteiger charge is -2.32. The Labute approximate surface area is 217 Å². The van der Waals surface area contributed by atoms with Crippen LogP contribution in [0.25, 0.3) is 32.6 Å². The molecule has 1 N–H and O–H groups in total. The van der Waals surface area contributed by atoms with Crippen LogP contribution in [0, 0.1) is 6.92 Å². The van der Waals surface area contributed by atoms with Crippen molar-refractivity contribution < 1.29 is 13.6 Å². The van der Waals surface area contributed by atoms with Crippen molar-refractivity contribution in [3.63, 3.8) is 0 Å². The number of hydrogen-bond acceptors (Lipinski definition) is 5. The van der Waals surface area contributed by atoms with Gasteiger partial charge in [0, 0.05) is 62.2 Å². The molecule has 7 nitrogen and oxygen atoms in total. The van der Waals surface area contributed by atoms with E-state index in [1.165, 1.54) is 0 Å². The van der Waals surface area contributed by atoms with Crippen molar-refractivity contribution in [2.45, 2.75) is 57.5 Å². The van der Waals surface area contributed by atoms with Crippen molar-refractivity contribution in [1.29, 1.82) is 0 Å². The van der Waals surface area contributed by atoms with E-state index in [4.69, 9.17) is 9.97 Å². The minimum Gasteiger partial charge on any atom is -0.341 e. The number of rotatable bonds is 3. The number of pyridine rings is 1. The van der Waals surface area contributed by atoms with Crippen LogP contribution in [-0.4, -0.2) is 50.0 Å². The Hall–Kier alpha value is -3.40. The van der Waals surface area contributed by atoms with Gasteiger partial charge in [0.25, 0.3) is 0 Å². The van der Waals surface area contributed by atoms with Crippen molar-refractivity contribution in [1.82, 2.24) is 29.7 Å². The van der Waals surface area contributed by atoms with Crippen LogP contribution in [0.15, 0.2) is 36.7 Å². The fourth-order valence-corrected chi connectivity index (χ4v) is 6.29. The molecule has 0 atom stereocenters. The quantitative estimate of drug-likeness (QED) is 0.359. The number of carbonyl (C=O) groups excluding carboxylic acids is 1. The molecule has 192 valence electrons. The number of nitrogens with one attached hydrogen (secondary N) is 1. The number of amides is 2. The third-order valence-corrected chi connectivity index (χ3v) is 8.45. The Bertz CT molecular complexity index is 1490. The van der Waals surface area contributed by atoms with Gasteiger partial charge in [-0.2, -0.15) is 0 Å². The van der Waals surface area contributed by atoms with Crippen LogP contribution in [0.5, 0.6) is 0 Å². The number of alkyl halides is 2. The molecule has 0 bridgehead atoms. The van der Waals surface area contributed by atoms with Gasteiger partial charge in [-0.3, -0.25) is 4.98 Å². The van der Waals surface area contributed by atoms with Gasteiger partial charge in [0.05, 0.1) is 33.5 Å². The molecule has 4 aromatic rings. The molecule has 37 heavy (non-hydrogen) atoms. The summed E-state index contributed by atoms with van der Waals surface area (Å²) < 4.78 is 30.0. The topological polar surface area (TPSA) is 75.9 Å². The molecule has 0 spiro atoms. The predicted octanol–water partition coefficient (Wildman–Crippen LogP) is 5.98. The number of halogens is 2. The van der Waals surface area contributed by atoms with Crippen LogP contribution in [-0.2, 0) is 13.1 Å². The van der Waals surface area contributed by atoms with Crippen molar-refractivity contribution in [3.8, 4) is 21.8 Å².